The summed E-state index contributed by atoms with van der Waals surface area (Å²) in [5.41, 5.74) is 3.01. The molecule has 0 bridgehead atoms. The quantitative estimate of drug-likeness (QED) is 0.588. The normalized spacial score (nSPS) is 9.94. The first-order valence-corrected chi connectivity index (χ1v) is 6.25. The van der Waals surface area contributed by atoms with E-state index in [1.165, 1.54) is 0 Å². The fourth-order valence-electron chi connectivity index (χ4n) is 1.19. The molecule has 1 aromatic rings. The highest BCUT2D eigenvalue weighted by atomic mass is 32.2. The van der Waals surface area contributed by atoms with Crippen molar-refractivity contribution in [3.05, 3.63) is 23.9 Å². The van der Waals surface area contributed by atoms with Crippen LogP contribution in [-0.2, 0) is 0 Å². The standard InChI is InChI=1S/C10H16N4OS/c1-14(5-6-16-2)10(15)8-3-4-12-9(7-8)13-11/h3-4,7H,5-6,11H2,1-2H3,(H,12,13). The predicted octanol–water partition coefficient (Wildman–Crippen LogP) is 0.802. The number of nitrogen functional groups attached to an aromatic ring is 1. The van der Waals surface area contributed by atoms with Gasteiger partial charge in [0.2, 0.25) is 0 Å². The summed E-state index contributed by atoms with van der Waals surface area (Å²) in [5, 5.41) is 0. The Morgan fingerprint density at radius 1 is 1.69 bits per heavy atom. The van der Waals surface area contributed by atoms with Gasteiger partial charge in [0.05, 0.1) is 0 Å². The van der Waals surface area contributed by atoms with Crippen LogP contribution in [0.25, 0.3) is 0 Å². The number of carbonyl (C=O) groups is 1. The Balaban J connectivity index is 2.71. The van der Waals surface area contributed by atoms with Crippen LogP contribution in [0.2, 0.25) is 0 Å². The molecular formula is C10H16N4OS. The molecule has 0 aliphatic rings. The summed E-state index contributed by atoms with van der Waals surface area (Å²) in [7, 11) is 1.79. The molecule has 3 N–H and O–H groups in total. The minimum atomic E-state index is -0.0204. The second-order valence-corrected chi connectivity index (χ2v) is 4.28. The van der Waals surface area contributed by atoms with E-state index in [4.69, 9.17) is 5.84 Å². The molecule has 1 aromatic heterocycles. The molecule has 1 heterocycles. The van der Waals surface area contributed by atoms with Crippen LogP contribution >= 0.6 is 11.8 Å². The summed E-state index contributed by atoms with van der Waals surface area (Å²) >= 11 is 1.71. The molecule has 0 radical (unpaired) electrons. The number of nitrogens with one attached hydrogen (secondary N) is 1. The Morgan fingerprint density at radius 2 is 2.44 bits per heavy atom. The molecule has 0 saturated carbocycles. The minimum Gasteiger partial charge on any atom is -0.341 e. The van der Waals surface area contributed by atoms with Gasteiger partial charge in [0.1, 0.15) is 5.82 Å². The zero-order chi connectivity index (χ0) is 12.0. The van der Waals surface area contributed by atoms with Gasteiger partial charge >= 0.3 is 0 Å². The van der Waals surface area contributed by atoms with Crippen LogP contribution < -0.4 is 11.3 Å². The number of thioether (sulfide) groups is 1. The highest BCUT2D eigenvalue weighted by Crippen LogP contribution is 2.08. The Kier molecular flexibility index (Phi) is 5.07. The second-order valence-electron chi connectivity index (χ2n) is 3.29. The maximum Gasteiger partial charge on any atom is 0.253 e. The number of hydrogen-bond donors (Lipinski definition) is 2. The fourth-order valence-corrected chi connectivity index (χ4v) is 1.65. The number of nitrogens with two attached hydrogens (primary N) is 1. The molecule has 16 heavy (non-hydrogen) atoms. The van der Waals surface area contributed by atoms with E-state index in [-0.39, 0.29) is 5.91 Å². The zero-order valence-corrected chi connectivity index (χ0v) is 10.3. The van der Waals surface area contributed by atoms with Crippen molar-refractivity contribution >= 4 is 23.5 Å². The molecule has 0 saturated heterocycles. The van der Waals surface area contributed by atoms with Crippen molar-refractivity contribution in [1.29, 1.82) is 0 Å². The van der Waals surface area contributed by atoms with Gasteiger partial charge in [-0.3, -0.25) is 4.79 Å². The summed E-state index contributed by atoms with van der Waals surface area (Å²) in [4.78, 5) is 17.6. The molecule has 88 valence electrons. The Labute approximate surface area is 99.4 Å². The van der Waals surface area contributed by atoms with Crippen molar-refractivity contribution in [3.63, 3.8) is 0 Å². The molecule has 0 aromatic carbocycles. The van der Waals surface area contributed by atoms with E-state index in [0.29, 0.717) is 11.4 Å². The van der Waals surface area contributed by atoms with Crippen LogP contribution in [0.1, 0.15) is 10.4 Å². The van der Waals surface area contributed by atoms with Gasteiger partial charge in [0.15, 0.2) is 0 Å². The summed E-state index contributed by atoms with van der Waals surface area (Å²) in [6, 6.07) is 3.32. The molecule has 0 aliphatic heterocycles. The van der Waals surface area contributed by atoms with Gasteiger partial charge in [-0.15, -0.1) is 0 Å². The number of hydrogen-bond acceptors (Lipinski definition) is 5. The third-order valence-corrected chi connectivity index (χ3v) is 2.72. The van der Waals surface area contributed by atoms with Crippen LogP contribution in [0.5, 0.6) is 0 Å². The summed E-state index contributed by atoms with van der Waals surface area (Å²) in [6.07, 6.45) is 3.58. The first kappa shape index (κ1) is 12.8. The predicted molar refractivity (Wildman–Crippen MR) is 67.4 cm³/mol. The average molecular weight is 240 g/mol. The number of amides is 1. The van der Waals surface area contributed by atoms with Crippen molar-refractivity contribution in [2.75, 3.05) is 31.0 Å². The molecule has 1 amide bonds. The topological polar surface area (TPSA) is 71.2 Å². The first-order chi connectivity index (χ1) is 7.69. The van der Waals surface area contributed by atoms with Gasteiger partial charge < -0.3 is 10.3 Å². The van der Waals surface area contributed by atoms with E-state index in [9.17, 15) is 4.79 Å². The first-order valence-electron chi connectivity index (χ1n) is 4.86. The van der Waals surface area contributed by atoms with E-state index >= 15 is 0 Å². The van der Waals surface area contributed by atoms with Crippen LogP contribution in [0.4, 0.5) is 5.82 Å². The van der Waals surface area contributed by atoms with Crippen molar-refractivity contribution in [2.45, 2.75) is 0 Å². The fraction of sp³-hybridized carbons (Fsp3) is 0.400. The molecule has 1 rings (SSSR count). The van der Waals surface area contributed by atoms with Gasteiger partial charge in [0.25, 0.3) is 5.91 Å². The van der Waals surface area contributed by atoms with Crippen molar-refractivity contribution in [2.24, 2.45) is 5.84 Å². The highest BCUT2D eigenvalue weighted by Gasteiger charge is 2.11. The van der Waals surface area contributed by atoms with Crippen LogP contribution in [0.3, 0.4) is 0 Å². The Hall–Kier alpha value is -1.27. The molecule has 0 fully saturated rings. The number of hydrazine groups is 1. The number of pyridine rings is 1. The maximum atomic E-state index is 11.9. The third-order valence-electron chi connectivity index (χ3n) is 2.13. The zero-order valence-electron chi connectivity index (χ0n) is 9.43. The second kappa shape index (κ2) is 6.34. The number of carbonyl (C=O) groups excluding carboxylic acids is 1. The number of rotatable bonds is 5. The SMILES string of the molecule is CSCCN(C)C(=O)c1ccnc(NN)c1. The van der Waals surface area contributed by atoms with E-state index in [2.05, 4.69) is 10.4 Å². The summed E-state index contributed by atoms with van der Waals surface area (Å²) < 4.78 is 0. The lowest BCUT2D eigenvalue weighted by molar-refractivity contribution is 0.0803. The van der Waals surface area contributed by atoms with Gasteiger partial charge in [-0.25, -0.2) is 10.8 Å². The summed E-state index contributed by atoms with van der Waals surface area (Å²) in [6.45, 7) is 0.730. The minimum absolute atomic E-state index is 0.0204. The van der Waals surface area contributed by atoms with E-state index in [1.807, 2.05) is 6.26 Å². The average Bonchev–Trinajstić information content (AvgIpc) is 2.35. The highest BCUT2D eigenvalue weighted by molar-refractivity contribution is 7.98. The Morgan fingerprint density at radius 3 is 3.06 bits per heavy atom. The van der Waals surface area contributed by atoms with Crippen molar-refractivity contribution in [3.8, 4) is 0 Å². The van der Waals surface area contributed by atoms with Gasteiger partial charge in [0, 0.05) is 31.1 Å². The van der Waals surface area contributed by atoms with E-state index < -0.39 is 0 Å². The van der Waals surface area contributed by atoms with Gasteiger partial charge in [-0.05, 0) is 18.4 Å². The molecular weight excluding hydrogens is 224 g/mol. The molecule has 0 atom stereocenters. The van der Waals surface area contributed by atoms with Gasteiger partial charge in [-0.1, -0.05) is 0 Å². The molecule has 5 nitrogen and oxygen atoms in total. The lowest BCUT2D eigenvalue weighted by Crippen LogP contribution is -2.29. The van der Waals surface area contributed by atoms with Crippen molar-refractivity contribution in [1.82, 2.24) is 9.88 Å². The maximum absolute atomic E-state index is 11.9. The Bertz CT molecular complexity index is 358. The molecule has 6 heteroatoms. The number of nitrogens with zero attached hydrogens (tertiary/aromatic N) is 2. The lowest BCUT2D eigenvalue weighted by Gasteiger charge is -2.16. The van der Waals surface area contributed by atoms with Crippen LogP contribution in [0, 0.1) is 0 Å². The summed E-state index contributed by atoms with van der Waals surface area (Å²) in [5.74, 6) is 6.63. The third kappa shape index (κ3) is 3.39. The number of anilines is 1. The molecule has 0 spiro atoms. The monoisotopic (exact) mass is 240 g/mol. The van der Waals surface area contributed by atoms with Crippen LogP contribution in [0.15, 0.2) is 18.3 Å². The van der Waals surface area contributed by atoms with Crippen LogP contribution in [-0.4, -0.2) is 41.4 Å². The van der Waals surface area contributed by atoms with E-state index in [1.54, 1.807) is 42.0 Å². The van der Waals surface area contributed by atoms with E-state index in [0.717, 1.165) is 12.3 Å². The molecule has 0 unspecified atom stereocenters. The largest absolute Gasteiger partial charge is 0.341 e. The van der Waals surface area contributed by atoms with Crippen molar-refractivity contribution < 1.29 is 4.79 Å². The smallest absolute Gasteiger partial charge is 0.253 e. The number of aromatic nitrogens is 1. The lowest BCUT2D eigenvalue weighted by atomic mass is 10.2. The van der Waals surface area contributed by atoms with Gasteiger partial charge in [-0.2, -0.15) is 11.8 Å². The molecule has 0 aliphatic carbocycles.